The molecule has 0 aliphatic carbocycles. The van der Waals surface area contributed by atoms with Crippen LogP contribution in [0.4, 0.5) is 0 Å². The number of hydrogen-bond donors (Lipinski definition) is 0. The molecular formula is C6H13O2P. The minimum Gasteiger partial charge on any atom is -0.237 e. The molecule has 2 nitrogen and oxygen atoms in total. The second-order valence-electron chi connectivity index (χ2n) is 2.76. The topological polar surface area (TPSA) is 34.1 Å². The molecule has 1 unspecified atom stereocenters. The Morgan fingerprint density at radius 3 is 1.78 bits per heavy atom. The van der Waals surface area contributed by atoms with Gasteiger partial charge in [0.05, 0.1) is 5.66 Å². The fourth-order valence-corrected chi connectivity index (χ4v) is 1.36. The molecular weight excluding hydrogens is 135 g/mol. The van der Waals surface area contributed by atoms with E-state index in [1.54, 1.807) is 6.92 Å². The maximum atomic E-state index is 10.3. The lowest BCUT2D eigenvalue weighted by Gasteiger charge is -2.03. The molecule has 0 saturated heterocycles. The molecule has 54 valence electrons. The summed E-state index contributed by atoms with van der Waals surface area (Å²) in [5, 5.41) is 0. The van der Waals surface area contributed by atoms with Crippen molar-refractivity contribution in [3.05, 3.63) is 0 Å². The van der Waals surface area contributed by atoms with Gasteiger partial charge in [0.25, 0.3) is 0 Å². The smallest absolute Gasteiger partial charge is 0.237 e. The van der Waals surface area contributed by atoms with Crippen molar-refractivity contribution < 1.29 is 9.13 Å². The second kappa shape index (κ2) is 3.84. The lowest BCUT2D eigenvalue weighted by molar-refractivity contribution is 0.488. The normalized spacial score (nSPS) is 13.8. The molecule has 0 aliphatic rings. The fourth-order valence-electron chi connectivity index (χ4n) is 0.768. The summed E-state index contributed by atoms with van der Waals surface area (Å²) in [6.45, 7) is 5.79. The Kier molecular flexibility index (Phi) is 3.79. The molecule has 0 fully saturated rings. The van der Waals surface area contributed by atoms with Crippen LogP contribution in [0, 0.1) is 5.92 Å². The van der Waals surface area contributed by atoms with Crippen LogP contribution in [0.25, 0.3) is 0 Å². The van der Waals surface area contributed by atoms with Crippen LogP contribution in [0.2, 0.25) is 0 Å². The van der Waals surface area contributed by atoms with Crippen molar-refractivity contribution in [2.75, 3.05) is 0 Å². The molecule has 0 aromatic carbocycles. The SMILES string of the molecule is CC(C)CC(C)P(=O)=O. The first-order valence-corrected chi connectivity index (χ1v) is 4.42. The van der Waals surface area contributed by atoms with E-state index >= 15 is 0 Å². The van der Waals surface area contributed by atoms with E-state index in [0.29, 0.717) is 5.92 Å². The van der Waals surface area contributed by atoms with Gasteiger partial charge in [-0.05, 0) is 19.3 Å². The van der Waals surface area contributed by atoms with Crippen molar-refractivity contribution in [2.45, 2.75) is 32.9 Å². The highest BCUT2D eigenvalue weighted by Crippen LogP contribution is 2.20. The van der Waals surface area contributed by atoms with Gasteiger partial charge in [-0.3, -0.25) is 0 Å². The minimum absolute atomic E-state index is 0.153. The van der Waals surface area contributed by atoms with Gasteiger partial charge in [-0.15, -0.1) is 0 Å². The van der Waals surface area contributed by atoms with Crippen molar-refractivity contribution in [3.8, 4) is 0 Å². The van der Waals surface area contributed by atoms with Gasteiger partial charge in [0, 0.05) is 0 Å². The largest absolute Gasteiger partial charge is 0.318 e. The third-order valence-electron chi connectivity index (χ3n) is 1.17. The van der Waals surface area contributed by atoms with Gasteiger partial charge in [0.1, 0.15) is 0 Å². The summed E-state index contributed by atoms with van der Waals surface area (Å²) in [6.07, 6.45) is 0.776. The Morgan fingerprint density at radius 1 is 1.22 bits per heavy atom. The average Bonchev–Trinajstić information content (AvgIpc) is 1.63. The van der Waals surface area contributed by atoms with Crippen LogP contribution < -0.4 is 0 Å². The molecule has 1 atom stereocenters. The van der Waals surface area contributed by atoms with E-state index < -0.39 is 7.68 Å². The van der Waals surface area contributed by atoms with E-state index in [-0.39, 0.29) is 5.66 Å². The molecule has 0 amide bonds. The molecule has 0 bridgehead atoms. The molecule has 0 saturated carbocycles. The van der Waals surface area contributed by atoms with Crippen molar-refractivity contribution in [1.29, 1.82) is 0 Å². The first-order chi connectivity index (χ1) is 4.04. The lowest BCUT2D eigenvalue weighted by Crippen LogP contribution is -1.98. The zero-order valence-corrected chi connectivity index (χ0v) is 7.02. The Balaban J connectivity index is 3.64. The monoisotopic (exact) mass is 148 g/mol. The van der Waals surface area contributed by atoms with Crippen LogP contribution in [0.5, 0.6) is 0 Å². The standard InChI is InChI=1S/C6H13O2P/c1-5(2)4-6(3)9(7)8/h5-6H,4H2,1-3H3. The van der Waals surface area contributed by atoms with Gasteiger partial charge < -0.3 is 0 Å². The van der Waals surface area contributed by atoms with Crippen LogP contribution in [-0.2, 0) is 9.13 Å². The van der Waals surface area contributed by atoms with E-state index in [9.17, 15) is 9.13 Å². The predicted octanol–water partition coefficient (Wildman–Crippen LogP) is 2.59. The van der Waals surface area contributed by atoms with Gasteiger partial charge >= 0.3 is 7.68 Å². The second-order valence-corrected chi connectivity index (χ2v) is 4.22. The molecule has 0 heterocycles. The molecule has 0 spiro atoms. The first-order valence-electron chi connectivity index (χ1n) is 3.17. The third kappa shape index (κ3) is 4.41. The molecule has 0 aliphatic heterocycles. The molecule has 3 heteroatoms. The molecule has 0 aromatic rings. The van der Waals surface area contributed by atoms with Crippen molar-refractivity contribution in [3.63, 3.8) is 0 Å². The highest BCUT2D eigenvalue weighted by atomic mass is 31.1. The van der Waals surface area contributed by atoms with E-state index in [1.807, 2.05) is 13.8 Å². The van der Waals surface area contributed by atoms with Crippen LogP contribution >= 0.6 is 7.68 Å². The Labute approximate surface area is 56.5 Å². The maximum absolute atomic E-state index is 10.3. The third-order valence-corrected chi connectivity index (χ3v) is 2.10. The van der Waals surface area contributed by atoms with Gasteiger partial charge in [-0.2, -0.15) is 0 Å². The molecule has 0 radical (unpaired) electrons. The van der Waals surface area contributed by atoms with Crippen molar-refractivity contribution >= 4 is 7.68 Å². The quantitative estimate of drug-likeness (QED) is 0.576. The number of hydrogen-bond acceptors (Lipinski definition) is 2. The van der Waals surface area contributed by atoms with Crippen LogP contribution in [0.15, 0.2) is 0 Å². The van der Waals surface area contributed by atoms with Gasteiger partial charge in [0.15, 0.2) is 0 Å². The summed E-state index contributed by atoms with van der Waals surface area (Å²) < 4.78 is 20.5. The van der Waals surface area contributed by atoms with E-state index in [4.69, 9.17) is 0 Å². The summed E-state index contributed by atoms with van der Waals surface area (Å²) in [6, 6.07) is 0. The number of rotatable bonds is 3. The lowest BCUT2D eigenvalue weighted by atomic mass is 10.1. The Morgan fingerprint density at radius 2 is 1.67 bits per heavy atom. The van der Waals surface area contributed by atoms with Gasteiger partial charge in [-0.1, -0.05) is 13.8 Å². The highest BCUT2D eigenvalue weighted by Gasteiger charge is 2.08. The average molecular weight is 148 g/mol. The van der Waals surface area contributed by atoms with Crippen LogP contribution in [0.1, 0.15) is 27.2 Å². The Bertz CT molecular complexity index is 130. The summed E-state index contributed by atoms with van der Waals surface area (Å²) in [5.74, 6) is 0.480. The van der Waals surface area contributed by atoms with Crippen molar-refractivity contribution in [2.24, 2.45) is 5.92 Å². The zero-order chi connectivity index (χ0) is 7.44. The van der Waals surface area contributed by atoms with Crippen LogP contribution in [0.3, 0.4) is 0 Å². The fraction of sp³-hybridized carbons (Fsp3) is 1.00. The minimum atomic E-state index is -2.19. The Hall–Kier alpha value is -0.100. The zero-order valence-electron chi connectivity index (χ0n) is 6.13. The molecule has 9 heavy (non-hydrogen) atoms. The summed E-state index contributed by atoms with van der Waals surface area (Å²) in [5.41, 5.74) is -0.153. The molecule has 0 aromatic heterocycles. The highest BCUT2D eigenvalue weighted by molar-refractivity contribution is 7.31. The predicted molar refractivity (Wildman–Crippen MR) is 37.2 cm³/mol. The van der Waals surface area contributed by atoms with E-state index in [2.05, 4.69) is 0 Å². The summed E-state index contributed by atoms with van der Waals surface area (Å²) >= 11 is 0. The maximum Gasteiger partial charge on any atom is 0.318 e. The van der Waals surface area contributed by atoms with Crippen molar-refractivity contribution in [1.82, 2.24) is 0 Å². The van der Waals surface area contributed by atoms with Gasteiger partial charge in [-0.25, -0.2) is 9.13 Å². The summed E-state index contributed by atoms with van der Waals surface area (Å²) in [7, 11) is -2.19. The molecule has 0 rings (SSSR count). The van der Waals surface area contributed by atoms with Crippen LogP contribution in [-0.4, -0.2) is 5.66 Å². The van der Waals surface area contributed by atoms with E-state index in [0.717, 1.165) is 6.42 Å². The molecule has 0 N–H and O–H groups in total. The summed E-state index contributed by atoms with van der Waals surface area (Å²) in [4.78, 5) is 0. The van der Waals surface area contributed by atoms with Gasteiger partial charge in [0.2, 0.25) is 0 Å². The van der Waals surface area contributed by atoms with E-state index in [1.165, 1.54) is 0 Å². The first kappa shape index (κ1) is 8.90.